The average molecular weight is 237 g/mol. The van der Waals surface area contributed by atoms with Crippen LogP contribution >= 0.6 is 0 Å². The molecule has 17 heavy (non-hydrogen) atoms. The number of carbonyl (C=O) groups is 1. The van der Waals surface area contributed by atoms with Crippen molar-refractivity contribution >= 4 is 5.97 Å². The van der Waals surface area contributed by atoms with Gasteiger partial charge in [-0.05, 0) is 62.7 Å². The van der Waals surface area contributed by atoms with Gasteiger partial charge in [0.05, 0.1) is 0 Å². The van der Waals surface area contributed by atoms with Gasteiger partial charge < -0.3 is 5.11 Å². The normalized spacial score (nSPS) is 44.9. The van der Waals surface area contributed by atoms with Gasteiger partial charge in [0.1, 0.15) is 6.04 Å². The molecule has 0 amide bonds. The highest BCUT2D eigenvalue weighted by molar-refractivity contribution is 5.73. The molecule has 0 heterocycles. The molecule has 4 aliphatic carbocycles. The van der Waals surface area contributed by atoms with Crippen molar-refractivity contribution in [3.05, 3.63) is 0 Å². The van der Waals surface area contributed by atoms with Crippen LogP contribution in [0.25, 0.3) is 0 Å². The molecule has 96 valence electrons. The molecule has 0 spiro atoms. The van der Waals surface area contributed by atoms with Gasteiger partial charge in [-0.15, -0.1) is 0 Å². The second-order valence-electron chi connectivity index (χ2n) is 6.64. The summed E-state index contributed by atoms with van der Waals surface area (Å²) in [6.45, 7) is 1.96. The van der Waals surface area contributed by atoms with Gasteiger partial charge in [-0.25, -0.2) is 0 Å². The van der Waals surface area contributed by atoms with Crippen molar-refractivity contribution in [1.82, 2.24) is 5.32 Å². The third-order valence-corrected chi connectivity index (χ3v) is 5.22. The molecule has 0 saturated heterocycles. The molecule has 4 aliphatic rings. The minimum absolute atomic E-state index is 0.174. The van der Waals surface area contributed by atoms with E-state index in [4.69, 9.17) is 0 Å². The topological polar surface area (TPSA) is 49.3 Å². The van der Waals surface area contributed by atoms with Crippen LogP contribution in [0.4, 0.5) is 0 Å². The van der Waals surface area contributed by atoms with Crippen molar-refractivity contribution in [2.45, 2.75) is 63.5 Å². The first-order valence-electron chi connectivity index (χ1n) is 7.11. The van der Waals surface area contributed by atoms with Crippen molar-refractivity contribution in [3.8, 4) is 0 Å². The highest BCUT2D eigenvalue weighted by Crippen LogP contribution is 2.55. The Balaban J connectivity index is 1.75. The molecular weight excluding hydrogens is 214 g/mol. The van der Waals surface area contributed by atoms with Crippen LogP contribution in [0.5, 0.6) is 0 Å². The number of aliphatic carboxylic acids is 1. The summed E-state index contributed by atoms with van der Waals surface area (Å²) >= 11 is 0. The molecule has 0 aliphatic heterocycles. The van der Waals surface area contributed by atoms with E-state index >= 15 is 0 Å². The maximum Gasteiger partial charge on any atom is 0.320 e. The molecule has 0 aromatic carbocycles. The summed E-state index contributed by atoms with van der Waals surface area (Å²) in [5.41, 5.74) is 0.174. The fraction of sp³-hybridized carbons (Fsp3) is 0.929. The van der Waals surface area contributed by atoms with Crippen LogP contribution in [0.3, 0.4) is 0 Å². The molecule has 0 aromatic heterocycles. The van der Waals surface area contributed by atoms with Crippen LogP contribution in [-0.4, -0.2) is 22.7 Å². The lowest BCUT2D eigenvalue weighted by molar-refractivity contribution is -0.141. The van der Waals surface area contributed by atoms with Gasteiger partial charge >= 0.3 is 5.97 Å². The lowest BCUT2D eigenvalue weighted by Gasteiger charge is -2.57. The van der Waals surface area contributed by atoms with Crippen LogP contribution in [0, 0.1) is 17.8 Å². The summed E-state index contributed by atoms with van der Waals surface area (Å²) in [6, 6.07) is -0.341. The first kappa shape index (κ1) is 11.5. The van der Waals surface area contributed by atoms with Crippen LogP contribution < -0.4 is 5.32 Å². The largest absolute Gasteiger partial charge is 0.480 e. The molecule has 1 atom stereocenters. The maximum atomic E-state index is 11.2. The summed E-state index contributed by atoms with van der Waals surface area (Å²) in [5.74, 6) is 1.95. The zero-order valence-corrected chi connectivity index (χ0v) is 10.6. The van der Waals surface area contributed by atoms with E-state index in [1.807, 2.05) is 6.92 Å². The molecule has 3 nitrogen and oxygen atoms in total. The monoisotopic (exact) mass is 237 g/mol. The van der Waals surface area contributed by atoms with Gasteiger partial charge in [-0.1, -0.05) is 6.92 Å². The van der Waals surface area contributed by atoms with Crippen LogP contribution in [0.1, 0.15) is 51.9 Å². The van der Waals surface area contributed by atoms with Crippen molar-refractivity contribution in [2.24, 2.45) is 17.8 Å². The SMILES string of the molecule is CCC(NC12CC3CC(CC(C3)C1)C2)C(=O)O. The summed E-state index contributed by atoms with van der Waals surface area (Å²) in [7, 11) is 0. The number of rotatable bonds is 4. The molecule has 0 aromatic rings. The van der Waals surface area contributed by atoms with E-state index in [-0.39, 0.29) is 11.6 Å². The lowest BCUT2D eigenvalue weighted by atomic mass is 9.53. The third-order valence-electron chi connectivity index (χ3n) is 5.22. The highest BCUT2D eigenvalue weighted by atomic mass is 16.4. The van der Waals surface area contributed by atoms with Crippen LogP contribution in [0.2, 0.25) is 0 Å². The second kappa shape index (κ2) is 3.98. The van der Waals surface area contributed by atoms with E-state index in [0.717, 1.165) is 17.8 Å². The van der Waals surface area contributed by atoms with Gasteiger partial charge in [-0.2, -0.15) is 0 Å². The first-order chi connectivity index (χ1) is 8.10. The van der Waals surface area contributed by atoms with Crippen molar-refractivity contribution in [3.63, 3.8) is 0 Å². The smallest absolute Gasteiger partial charge is 0.320 e. The zero-order chi connectivity index (χ0) is 12.0. The number of hydrogen-bond acceptors (Lipinski definition) is 2. The van der Waals surface area contributed by atoms with Crippen LogP contribution in [0.15, 0.2) is 0 Å². The van der Waals surface area contributed by atoms with Gasteiger partial charge in [0.25, 0.3) is 0 Å². The Bertz CT molecular complexity index is 291. The average Bonchev–Trinajstić information content (AvgIpc) is 2.23. The Kier molecular flexibility index (Phi) is 2.69. The Hall–Kier alpha value is -0.570. The lowest BCUT2D eigenvalue weighted by Crippen LogP contribution is -2.61. The van der Waals surface area contributed by atoms with E-state index in [9.17, 15) is 9.90 Å². The van der Waals surface area contributed by atoms with Crippen LogP contribution in [-0.2, 0) is 4.79 Å². The number of nitrogens with one attached hydrogen (secondary N) is 1. The first-order valence-corrected chi connectivity index (χ1v) is 7.11. The molecular formula is C14H23NO2. The fourth-order valence-electron chi connectivity index (χ4n) is 5.00. The number of carboxylic acid groups (broad SMARTS) is 1. The Morgan fingerprint density at radius 1 is 1.24 bits per heavy atom. The van der Waals surface area contributed by atoms with Gasteiger partial charge in [0, 0.05) is 5.54 Å². The van der Waals surface area contributed by atoms with E-state index in [0.29, 0.717) is 6.42 Å². The third kappa shape index (κ3) is 1.99. The maximum absolute atomic E-state index is 11.2. The predicted octanol–water partition coefficient (Wildman–Crippen LogP) is 2.41. The zero-order valence-electron chi connectivity index (χ0n) is 10.6. The van der Waals surface area contributed by atoms with Crippen molar-refractivity contribution in [2.75, 3.05) is 0 Å². The minimum Gasteiger partial charge on any atom is -0.480 e. The number of hydrogen-bond donors (Lipinski definition) is 2. The van der Waals surface area contributed by atoms with Crippen molar-refractivity contribution < 1.29 is 9.90 Å². The predicted molar refractivity (Wildman–Crippen MR) is 65.8 cm³/mol. The van der Waals surface area contributed by atoms with E-state index in [1.54, 1.807) is 0 Å². The summed E-state index contributed by atoms with van der Waals surface area (Å²) in [4.78, 5) is 11.2. The molecule has 1 unspecified atom stereocenters. The minimum atomic E-state index is -0.678. The Morgan fingerprint density at radius 3 is 2.06 bits per heavy atom. The molecule has 2 N–H and O–H groups in total. The van der Waals surface area contributed by atoms with Gasteiger partial charge in [0.2, 0.25) is 0 Å². The summed E-state index contributed by atoms with van der Waals surface area (Å²) < 4.78 is 0. The Labute approximate surface area is 103 Å². The second-order valence-corrected chi connectivity index (χ2v) is 6.64. The highest BCUT2D eigenvalue weighted by Gasteiger charge is 2.51. The molecule has 0 radical (unpaired) electrons. The molecule has 3 heteroatoms. The quantitative estimate of drug-likeness (QED) is 0.789. The van der Waals surface area contributed by atoms with E-state index < -0.39 is 5.97 Å². The van der Waals surface area contributed by atoms with Gasteiger partial charge in [0.15, 0.2) is 0 Å². The standard InChI is InChI=1S/C14H23NO2/c1-2-12(13(16)17)15-14-6-9-3-10(7-14)5-11(4-9)8-14/h9-12,15H,2-8H2,1H3,(H,16,17). The molecule has 4 rings (SSSR count). The van der Waals surface area contributed by atoms with Crippen molar-refractivity contribution in [1.29, 1.82) is 0 Å². The van der Waals surface area contributed by atoms with E-state index in [1.165, 1.54) is 38.5 Å². The molecule has 4 bridgehead atoms. The number of carboxylic acids is 1. The summed E-state index contributed by atoms with van der Waals surface area (Å²) in [5, 5.41) is 12.7. The van der Waals surface area contributed by atoms with Gasteiger partial charge in [-0.3, -0.25) is 10.1 Å². The summed E-state index contributed by atoms with van der Waals surface area (Å²) in [6.07, 6.45) is 8.59. The Morgan fingerprint density at radius 2 is 1.71 bits per heavy atom. The van der Waals surface area contributed by atoms with E-state index in [2.05, 4.69) is 5.32 Å². The molecule has 4 saturated carbocycles. The molecule has 4 fully saturated rings. The fourth-order valence-corrected chi connectivity index (χ4v) is 5.00.